The van der Waals surface area contributed by atoms with Gasteiger partial charge in [0.05, 0.1) is 17.5 Å². The maximum atomic E-state index is 12.3. The average molecular weight is 395 g/mol. The van der Waals surface area contributed by atoms with Crippen molar-refractivity contribution in [2.24, 2.45) is 0 Å². The molecule has 0 aliphatic rings. The van der Waals surface area contributed by atoms with E-state index in [1.807, 2.05) is 55.5 Å². The number of amides is 2. The Labute approximate surface area is 167 Å². The van der Waals surface area contributed by atoms with E-state index in [0.717, 1.165) is 21.8 Å². The number of nitrogens with one attached hydrogen (secondary N) is 2. The molecule has 0 aliphatic heterocycles. The number of hydrogen-bond acceptors (Lipinski definition) is 5. The van der Waals surface area contributed by atoms with Gasteiger partial charge >= 0.3 is 0 Å². The summed E-state index contributed by atoms with van der Waals surface area (Å²) in [6.07, 6.45) is 3.13. The van der Waals surface area contributed by atoms with E-state index >= 15 is 0 Å². The lowest BCUT2D eigenvalue weighted by Gasteiger charge is -2.15. The molecule has 0 fully saturated rings. The summed E-state index contributed by atoms with van der Waals surface area (Å²) in [7, 11) is 0. The maximum absolute atomic E-state index is 12.3. The van der Waals surface area contributed by atoms with Gasteiger partial charge in [-0.1, -0.05) is 12.1 Å². The van der Waals surface area contributed by atoms with Gasteiger partial charge in [0.25, 0.3) is 0 Å². The minimum Gasteiger partial charge on any atom is -0.349 e. The predicted molar refractivity (Wildman–Crippen MR) is 109 cm³/mol. The second-order valence-corrected chi connectivity index (χ2v) is 7.26. The van der Waals surface area contributed by atoms with Crippen LogP contribution in [0.15, 0.2) is 66.1 Å². The van der Waals surface area contributed by atoms with E-state index in [9.17, 15) is 9.59 Å². The molecule has 1 aromatic heterocycles. The van der Waals surface area contributed by atoms with Gasteiger partial charge in [-0.2, -0.15) is 5.10 Å². The Kier molecular flexibility index (Phi) is 6.44. The molecule has 2 aromatic carbocycles. The van der Waals surface area contributed by atoms with Crippen molar-refractivity contribution in [2.75, 3.05) is 11.1 Å². The van der Waals surface area contributed by atoms with E-state index < -0.39 is 0 Å². The first kappa shape index (κ1) is 19.6. The lowest BCUT2D eigenvalue weighted by molar-refractivity contribution is -0.119. The van der Waals surface area contributed by atoms with E-state index in [2.05, 4.69) is 20.7 Å². The van der Waals surface area contributed by atoms with Gasteiger partial charge in [-0.3, -0.25) is 9.59 Å². The van der Waals surface area contributed by atoms with Crippen molar-refractivity contribution in [1.29, 1.82) is 0 Å². The molecular formula is C20H21N5O2S. The van der Waals surface area contributed by atoms with Gasteiger partial charge in [-0.25, -0.2) is 9.67 Å². The summed E-state index contributed by atoms with van der Waals surface area (Å²) < 4.78 is 1.68. The highest BCUT2D eigenvalue weighted by molar-refractivity contribution is 8.00. The van der Waals surface area contributed by atoms with Crippen LogP contribution in [0.2, 0.25) is 0 Å². The Morgan fingerprint density at radius 3 is 2.43 bits per heavy atom. The molecule has 0 saturated carbocycles. The van der Waals surface area contributed by atoms with Crippen molar-refractivity contribution in [3.8, 4) is 5.69 Å². The summed E-state index contributed by atoms with van der Waals surface area (Å²) in [4.78, 5) is 28.2. The molecule has 7 nitrogen and oxygen atoms in total. The normalized spacial score (nSPS) is 11.6. The quantitative estimate of drug-likeness (QED) is 0.600. The van der Waals surface area contributed by atoms with E-state index in [0.29, 0.717) is 5.75 Å². The number of aromatic nitrogens is 3. The number of rotatable bonds is 7. The SMILES string of the molecule is CC(=O)Nc1ccc(SCC(=O)NC(C)c2ccc(-n3cncn3)cc2)cc1. The molecule has 144 valence electrons. The molecule has 0 aliphatic carbocycles. The number of carbonyl (C=O) groups excluding carboxylic acids is 2. The third kappa shape index (κ3) is 5.43. The number of benzene rings is 2. The Morgan fingerprint density at radius 2 is 1.82 bits per heavy atom. The van der Waals surface area contributed by atoms with E-state index in [-0.39, 0.29) is 17.9 Å². The molecule has 28 heavy (non-hydrogen) atoms. The molecule has 0 spiro atoms. The monoisotopic (exact) mass is 395 g/mol. The fraction of sp³-hybridized carbons (Fsp3) is 0.200. The molecule has 2 amide bonds. The van der Waals surface area contributed by atoms with Gasteiger partial charge in [-0.05, 0) is 48.9 Å². The first-order valence-electron chi connectivity index (χ1n) is 8.76. The Morgan fingerprint density at radius 1 is 1.11 bits per heavy atom. The Balaban J connectivity index is 1.49. The second-order valence-electron chi connectivity index (χ2n) is 6.22. The van der Waals surface area contributed by atoms with Crippen LogP contribution < -0.4 is 10.6 Å². The number of hydrogen-bond donors (Lipinski definition) is 2. The largest absolute Gasteiger partial charge is 0.349 e. The van der Waals surface area contributed by atoms with Crippen LogP contribution in [0.3, 0.4) is 0 Å². The summed E-state index contributed by atoms with van der Waals surface area (Å²) in [6, 6.07) is 15.1. The van der Waals surface area contributed by atoms with E-state index in [1.165, 1.54) is 25.0 Å². The van der Waals surface area contributed by atoms with Gasteiger partial charge < -0.3 is 10.6 Å². The maximum Gasteiger partial charge on any atom is 0.230 e. The molecule has 3 aromatic rings. The molecule has 8 heteroatoms. The molecule has 0 bridgehead atoms. The Bertz CT molecular complexity index is 924. The van der Waals surface area contributed by atoms with Crippen molar-refractivity contribution in [1.82, 2.24) is 20.1 Å². The molecule has 2 N–H and O–H groups in total. The zero-order valence-electron chi connectivity index (χ0n) is 15.6. The molecule has 3 rings (SSSR count). The van der Waals surface area contributed by atoms with Crippen LogP contribution in [0.25, 0.3) is 5.69 Å². The van der Waals surface area contributed by atoms with Crippen molar-refractivity contribution in [3.63, 3.8) is 0 Å². The second kappa shape index (κ2) is 9.18. The molecular weight excluding hydrogens is 374 g/mol. The first-order chi connectivity index (χ1) is 13.5. The standard InChI is InChI=1S/C20H21N5O2S/c1-14(16-3-7-18(8-4-16)25-13-21-12-22-25)23-20(27)11-28-19-9-5-17(6-10-19)24-15(2)26/h3-10,12-14H,11H2,1-2H3,(H,23,27)(H,24,26). The van der Waals surface area contributed by atoms with Crippen LogP contribution in [0.1, 0.15) is 25.5 Å². The third-order valence-electron chi connectivity index (χ3n) is 4.00. The minimum absolute atomic E-state index is 0.0382. The smallest absolute Gasteiger partial charge is 0.230 e. The highest BCUT2D eigenvalue weighted by atomic mass is 32.2. The van der Waals surface area contributed by atoms with Crippen LogP contribution in [0.5, 0.6) is 0 Å². The highest BCUT2D eigenvalue weighted by Crippen LogP contribution is 2.21. The van der Waals surface area contributed by atoms with Crippen LogP contribution >= 0.6 is 11.8 Å². The fourth-order valence-electron chi connectivity index (χ4n) is 2.61. The van der Waals surface area contributed by atoms with Crippen molar-refractivity contribution < 1.29 is 9.59 Å². The summed E-state index contributed by atoms with van der Waals surface area (Å²) >= 11 is 1.45. The van der Waals surface area contributed by atoms with Crippen LogP contribution in [-0.4, -0.2) is 32.3 Å². The summed E-state index contributed by atoms with van der Waals surface area (Å²) in [5, 5.41) is 9.82. The fourth-order valence-corrected chi connectivity index (χ4v) is 3.32. The summed E-state index contributed by atoms with van der Waals surface area (Å²) in [6.45, 7) is 3.42. The van der Waals surface area contributed by atoms with Crippen molar-refractivity contribution >= 4 is 29.3 Å². The predicted octanol–water partition coefficient (Wildman–Crippen LogP) is 3.20. The molecule has 0 radical (unpaired) electrons. The zero-order chi connectivity index (χ0) is 19.9. The lowest BCUT2D eigenvalue weighted by Crippen LogP contribution is -2.28. The van der Waals surface area contributed by atoms with E-state index in [4.69, 9.17) is 0 Å². The van der Waals surface area contributed by atoms with Gasteiger partial charge in [-0.15, -0.1) is 11.8 Å². The molecule has 1 heterocycles. The average Bonchev–Trinajstić information content (AvgIpc) is 3.22. The van der Waals surface area contributed by atoms with Gasteiger partial charge in [0, 0.05) is 17.5 Å². The number of anilines is 1. The Hall–Kier alpha value is -3.13. The number of thioether (sulfide) groups is 1. The van der Waals surface area contributed by atoms with Crippen molar-refractivity contribution in [3.05, 3.63) is 66.7 Å². The highest BCUT2D eigenvalue weighted by Gasteiger charge is 2.10. The molecule has 0 saturated heterocycles. The summed E-state index contributed by atoms with van der Waals surface area (Å²) in [5.41, 5.74) is 2.67. The summed E-state index contributed by atoms with van der Waals surface area (Å²) in [5.74, 6) is 0.174. The van der Waals surface area contributed by atoms with Crippen molar-refractivity contribution in [2.45, 2.75) is 24.8 Å². The lowest BCUT2D eigenvalue weighted by atomic mass is 10.1. The topological polar surface area (TPSA) is 88.9 Å². The van der Waals surface area contributed by atoms with Gasteiger partial charge in [0.2, 0.25) is 11.8 Å². The molecule has 1 atom stereocenters. The van der Waals surface area contributed by atoms with Gasteiger partial charge in [0.1, 0.15) is 12.7 Å². The van der Waals surface area contributed by atoms with Crippen LogP contribution in [0, 0.1) is 0 Å². The van der Waals surface area contributed by atoms with Crippen LogP contribution in [-0.2, 0) is 9.59 Å². The molecule has 1 unspecified atom stereocenters. The number of nitrogens with zero attached hydrogens (tertiary/aromatic N) is 3. The minimum atomic E-state index is -0.108. The first-order valence-corrected chi connectivity index (χ1v) is 9.74. The van der Waals surface area contributed by atoms with E-state index in [1.54, 1.807) is 11.0 Å². The number of carbonyl (C=O) groups is 2. The third-order valence-corrected chi connectivity index (χ3v) is 5.01. The van der Waals surface area contributed by atoms with Crippen LogP contribution in [0.4, 0.5) is 5.69 Å². The zero-order valence-corrected chi connectivity index (χ0v) is 16.4. The van der Waals surface area contributed by atoms with Gasteiger partial charge in [0.15, 0.2) is 0 Å².